The van der Waals surface area contributed by atoms with Gasteiger partial charge in [0.25, 0.3) is 0 Å². The first-order valence-electron chi connectivity index (χ1n) is 6.90. The van der Waals surface area contributed by atoms with Crippen LogP contribution in [0.25, 0.3) is 0 Å². The van der Waals surface area contributed by atoms with Crippen molar-refractivity contribution in [3.8, 4) is 5.75 Å². The fourth-order valence-electron chi connectivity index (χ4n) is 1.70. The van der Waals surface area contributed by atoms with Crippen molar-refractivity contribution >= 4 is 0 Å². The van der Waals surface area contributed by atoms with Crippen LogP contribution in [0, 0.1) is 5.82 Å². The summed E-state index contributed by atoms with van der Waals surface area (Å²) in [4.78, 5) is 11.7. The van der Waals surface area contributed by atoms with Crippen molar-refractivity contribution in [2.24, 2.45) is 0 Å². The fourth-order valence-corrected chi connectivity index (χ4v) is 1.70. The maximum absolute atomic E-state index is 12.8. The zero-order valence-electron chi connectivity index (χ0n) is 12.7. The van der Waals surface area contributed by atoms with Gasteiger partial charge in [0, 0.05) is 5.41 Å². The molecule has 1 atom stereocenters. The largest absolute Gasteiger partial charge is 0.491 e. The molecule has 0 aliphatic rings. The summed E-state index contributed by atoms with van der Waals surface area (Å²) in [5.41, 5.74) is -0.389. The Morgan fingerprint density at radius 3 is 2.55 bits per heavy atom. The van der Waals surface area contributed by atoms with E-state index in [0.29, 0.717) is 11.6 Å². The van der Waals surface area contributed by atoms with E-state index in [1.807, 2.05) is 20.8 Å². The summed E-state index contributed by atoms with van der Waals surface area (Å²) in [6.07, 6.45) is -0.944. The molecule has 2 aromatic rings. The molecule has 0 aliphatic carbocycles. The molecule has 0 radical (unpaired) electrons. The van der Waals surface area contributed by atoms with E-state index in [2.05, 4.69) is 5.10 Å². The molecule has 7 heteroatoms. The number of halogens is 1. The van der Waals surface area contributed by atoms with E-state index in [9.17, 15) is 14.3 Å². The summed E-state index contributed by atoms with van der Waals surface area (Å²) < 4.78 is 24.2. The van der Waals surface area contributed by atoms with E-state index in [4.69, 9.17) is 9.15 Å². The average molecular weight is 310 g/mol. The lowest BCUT2D eigenvalue weighted by atomic mass is 9.97. The number of nitrogens with zero attached hydrogens (tertiary/aromatic N) is 2. The Bertz CT molecular complexity index is 670. The second-order valence-electron chi connectivity index (χ2n) is 6.02. The molecule has 1 unspecified atom stereocenters. The third-order valence-corrected chi connectivity index (χ3v) is 2.89. The van der Waals surface area contributed by atoms with Gasteiger partial charge in [-0.15, -0.1) is 5.10 Å². The van der Waals surface area contributed by atoms with E-state index < -0.39 is 11.9 Å². The van der Waals surface area contributed by atoms with Gasteiger partial charge in [0.2, 0.25) is 5.89 Å². The average Bonchev–Trinajstić information content (AvgIpc) is 2.80. The predicted octanol–water partition coefficient (Wildman–Crippen LogP) is 1.71. The first-order valence-corrected chi connectivity index (χ1v) is 6.90. The third-order valence-electron chi connectivity index (χ3n) is 2.89. The summed E-state index contributed by atoms with van der Waals surface area (Å²) in [5.74, 6) is -0.241. The number of rotatable bonds is 5. The van der Waals surface area contributed by atoms with Crippen molar-refractivity contribution in [1.82, 2.24) is 9.78 Å². The van der Waals surface area contributed by atoms with Crippen LogP contribution >= 0.6 is 0 Å². The zero-order chi connectivity index (χ0) is 16.3. The van der Waals surface area contributed by atoms with Gasteiger partial charge >= 0.3 is 5.76 Å². The highest BCUT2D eigenvalue weighted by Crippen LogP contribution is 2.18. The molecule has 1 N–H and O–H groups in total. The highest BCUT2D eigenvalue weighted by molar-refractivity contribution is 5.22. The van der Waals surface area contributed by atoms with Gasteiger partial charge in [-0.05, 0) is 24.3 Å². The molecule has 0 amide bonds. The van der Waals surface area contributed by atoms with Gasteiger partial charge in [-0.3, -0.25) is 0 Å². The smallest absolute Gasteiger partial charge is 0.437 e. The van der Waals surface area contributed by atoms with Crippen molar-refractivity contribution in [1.29, 1.82) is 0 Å². The van der Waals surface area contributed by atoms with Gasteiger partial charge in [-0.25, -0.2) is 9.18 Å². The number of hydrogen-bond donors (Lipinski definition) is 1. The Balaban J connectivity index is 1.94. The van der Waals surface area contributed by atoms with E-state index in [1.54, 1.807) is 0 Å². The summed E-state index contributed by atoms with van der Waals surface area (Å²) in [7, 11) is 0. The highest BCUT2D eigenvalue weighted by Gasteiger charge is 2.23. The third kappa shape index (κ3) is 4.17. The molecule has 0 spiro atoms. The summed E-state index contributed by atoms with van der Waals surface area (Å²) >= 11 is 0. The standard InChI is InChI=1S/C15H19FN2O4/c1-15(2,3)13-17-18(14(20)22-13)8-11(19)9-21-12-6-4-10(16)5-7-12/h4-7,11,19H,8-9H2,1-3H3. The molecule has 1 aromatic heterocycles. The molecule has 1 aromatic carbocycles. The van der Waals surface area contributed by atoms with Gasteiger partial charge in [0.1, 0.15) is 24.3 Å². The van der Waals surface area contributed by atoms with Crippen LogP contribution in [0.2, 0.25) is 0 Å². The van der Waals surface area contributed by atoms with E-state index in [1.165, 1.54) is 24.3 Å². The highest BCUT2D eigenvalue weighted by atomic mass is 19.1. The summed E-state index contributed by atoms with van der Waals surface area (Å²) in [5, 5.41) is 14.0. The number of hydrogen-bond acceptors (Lipinski definition) is 5. The first kappa shape index (κ1) is 16.2. The number of benzene rings is 1. The monoisotopic (exact) mass is 310 g/mol. The van der Waals surface area contributed by atoms with Crippen LogP contribution in [0.15, 0.2) is 33.5 Å². The Kier molecular flexibility index (Phi) is 4.65. The molecular formula is C15H19FN2O4. The van der Waals surface area contributed by atoms with Crippen molar-refractivity contribution in [3.05, 3.63) is 46.5 Å². The SMILES string of the molecule is CC(C)(C)c1nn(CC(O)COc2ccc(F)cc2)c(=O)o1. The minimum absolute atomic E-state index is 0.0421. The normalized spacial score (nSPS) is 13.1. The minimum atomic E-state index is -0.944. The second-order valence-corrected chi connectivity index (χ2v) is 6.02. The molecule has 0 aliphatic heterocycles. The second kappa shape index (κ2) is 6.31. The zero-order valence-corrected chi connectivity index (χ0v) is 12.7. The maximum Gasteiger partial charge on any atom is 0.437 e. The number of aliphatic hydroxyl groups excluding tert-OH is 1. The number of aromatic nitrogens is 2. The fraction of sp³-hybridized carbons (Fsp3) is 0.467. The molecule has 0 saturated heterocycles. The number of ether oxygens (including phenoxy) is 1. The quantitative estimate of drug-likeness (QED) is 0.909. The molecule has 120 valence electrons. The Morgan fingerprint density at radius 1 is 1.36 bits per heavy atom. The Hall–Kier alpha value is -2.15. The van der Waals surface area contributed by atoms with Crippen LogP contribution in [0.3, 0.4) is 0 Å². The minimum Gasteiger partial charge on any atom is -0.491 e. The summed E-state index contributed by atoms with van der Waals surface area (Å²) in [6, 6.07) is 5.45. The molecule has 1 heterocycles. The Labute approximate surface area is 127 Å². The van der Waals surface area contributed by atoms with Crippen molar-refractivity contribution in [2.75, 3.05) is 6.61 Å². The molecule has 0 bridgehead atoms. The van der Waals surface area contributed by atoms with Gasteiger partial charge in [-0.1, -0.05) is 20.8 Å². The molecular weight excluding hydrogens is 291 g/mol. The van der Waals surface area contributed by atoms with Gasteiger partial charge in [0.15, 0.2) is 0 Å². The van der Waals surface area contributed by atoms with E-state index in [0.717, 1.165) is 4.68 Å². The molecule has 2 rings (SSSR count). The lowest BCUT2D eigenvalue weighted by Crippen LogP contribution is -2.29. The predicted molar refractivity (Wildman–Crippen MR) is 77.4 cm³/mol. The number of aliphatic hydroxyl groups is 1. The van der Waals surface area contributed by atoms with Crippen LogP contribution in [-0.2, 0) is 12.0 Å². The topological polar surface area (TPSA) is 77.5 Å². The molecule has 0 saturated carbocycles. The molecule has 6 nitrogen and oxygen atoms in total. The van der Waals surface area contributed by atoms with Gasteiger partial charge in [-0.2, -0.15) is 4.68 Å². The van der Waals surface area contributed by atoms with Crippen molar-refractivity contribution in [2.45, 2.75) is 38.8 Å². The summed E-state index contributed by atoms with van der Waals surface area (Å²) in [6.45, 7) is 5.53. The lowest BCUT2D eigenvalue weighted by molar-refractivity contribution is 0.0874. The Morgan fingerprint density at radius 2 is 2.00 bits per heavy atom. The van der Waals surface area contributed by atoms with E-state index in [-0.39, 0.29) is 24.4 Å². The van der Waals surface area contributed by atoms with Crippen molar-refractivity contribution < 1.29 is 18.7 Å². The first-order chi connectivity index (χ1) is 10.3. The molecule has 0 fully saturated rings. The lowest BCUT2D eigenvalue weighted by Gasteiger charge is -2.12. The van der Waals surface area contributed by atoms with Crippen molar-refractivity contribution in [3.63, 3.8) is 0 Å². The van der Waals surface area contributed by atoms with Crippen LogP contribution in [0.5, 0.6) is 5.75 Å². The molecule has 22 heavy (non-hydrogen) atoms. The van der Waals surface area contributed by atoms with Crippen LogP contribution in [0.1, 0.15) is 26.7 Å². The van der Waals surface area contributed by atoms with E-state index >= 15 is 0 Å². The van der Waals surface area contributed by atoms with Gasteiger partial charge in [0.05, 0.1) is 6.54 Å². The van der Waals surface area contributed by atoms with Crippen LogP contribution in [-0.4, -0.2) is 27.6 Å². The van der Waals surface area contributed by atoms with Gasteiger partial charge < -0.3 is 14.3 Å². The van der Waals surface area contributed by atoms with Crippen LogP contribution in [0.4, 0.5) is 4.39 Å². The maximum atomic E-state index is 12.8. The van der Waals surface area contributed by atoms with Crippen LogP contribution < -0.4 is 10.5 Å².